The number of para-hydroxylation sites is 1. The van der Waals surface area contributed by atoms with Crippen LogP contribution in [0.2, 0.25) is 0 Å². The molecule has 4 nitrogen and oxygen atoms in total. The van der Waals surface area contributed by atoms with Crippen molar-refractivity contribution in [2.24, 2.45) is 23.7 Å². The second-order valence-electron chi connectivity index (χ2n) is 14.7. The number of hydrogen-bond donors (Lipinski definition) is 0. The number of nitrogens with zero attached hydrogens (tertiary/aromatic N) is 4. The quantitative estimate of drug-likeness (QED) is 0.175. The summed E-state index contributed by atoms with van der Waals surface area (Å²) in [6.07, 6.45) is 26.0. The summed E-state index contributed by atoms with van der Waals surface area (Å²) in [6, 6.07) is 30.1. The fourth-order valence-electron chi connectivity index (χ4n) is 8.89. The van der Waals surface area contributed by atoms with Gasteiger partial charge in [-0.3, -0.25) is 4.98 Å². The molecule has 6 aromatic rings. The van der Waals surface area contributed by atoms with Crippen LogP contribution in [0.15, 0.2) is 163 Å². The van der Waals surface area contributed by atoms with E-state index in [9.17, 15) is 0 Å². The number of allylic oxidation sites excluding steroid dienone is 14. The molecule has 0 fully saturated rings. The average Bonchev–Trinajstić information content (AvgIpc) is 3.20. The van der Waals surface area contributed by atoms with E-state index in [4.69, 9.17) is 19.9 Å². The molecular weight excluding hydrogens is 633 g/mol. The van der Waals surface area contributed by atoms with Crippen molar-refractivity contribution in [2.75, 3.05) is 0 Å². The maximum absolute atomic E-state index is 5.38. The highest BCUT2D eigenvalue weighted by molar-refractivity contribution is 6.13. The van der Waals surface area contributed by atoms with Crippen LogP contribution in [0, 0.1) is 23.7 Å². The van der Waals surface area contributed by atoms with Gasteiger partial charge in [-0.25, -0.2) is 15.0 Å². The molecule has 4 aromatic carbocycles. The van der Waals surface area contributed by atoms with Gasteiger partial charge in [0.1, 0.15) is 0 Å². The van der Waals surface area contributed by atoms with Crippen molar-refractivity contribution in [2.45, 2.75) is 26.2 Å². The molecule has 5 atom stereocenters. The first kappa shape index (κ1) is 30.8. The third-order valence-electron chi connectivity index (χ3n) is 11.5. The number of rotatable bonds is 4. The number of benzene rings is 4. The van der Waals surface area contributed by atoms with Crippen molar-refractivity contribution in [1.82, 2.24) is 19.9 Å². The van der Waals surface area contributed by atoms with E-state index < -0.39 is 0 Å². The number of pyridine rings is 1. The number of hydrogen-bond acceptors (Lipinski definition) is 4. The Hall–Kier alpha value is -6.00. The zero-order valence-electron chi connectivity index (χ0n) is 29.3. The highest BCUT2D eigenvalue weighted by atomic mass is 15.0. The lowest BCUT2D eigenvalue weighted by atomic mass is 9.67. The van der Waals surface area contributed by atoms with E-state index in [0.29, 0.717) is 17.6 Å². The summed E-state index contributed by atoms with van der Waals surface area (Å²) >= 11 is 0. The zero-order chi connectivity index (χ0) is 34.8. The minimum Gasteiger partial charge on any atom is -0.256 e. The van der Waals surface area contributed by atoms with Crippen molar-refractivity contribution >= 4 is 43.6 Å². The normalized spacial score (nSPS) is 23.5. The average molecular weight is 671 g/mol. The molecule has 0 saturated carbocycles. The standard InChI is InChI=1S/C48H38N4/c1-29-12-11-15-33-27-43(40-19-8-9-20-41(40)45(29)33)48-51-46(34-22-23-36(30(2)24-34)35-25-32-14-4-10-21-44(32)49-28-35)50-47(52-48)42-26-31-13-3-5-16-37(31)38-17-6-7-18-39(38)42/h3-11,13-30,36,40-41H,12H2,1-2H3. The second kappa shape index (κ2) is 12.3. The third kappa shape index (κ3) is 5.12. The molecule has 4 heteroatoms. The van der Waals surface area contributed by atoms with E-state index in [2.05, 4.69) is 153 Å². The van der Waals surface area contributed by atoms with Gasteiger partial charge < -0.3 is 0 Å². The summed E-state index contributed by atoms with van der Waals surface area (Å²) in [4.78, 5) is 20.8. The van der Waals surface area contributed by atoms with Gasteiger partial charge in [-0.2, -0.15) is 0 Å². The maximum atomic E-state index is 5.38. The lowest BCUT2D eigenvalue weighted by Gasteiger charge is -2.37. The van der Waals surface area contributed by atoms with Crippen LogP contribution < -0.4 is 0 Å². The van der Waals surface area contributed by atoms with E-state index >= 15 is 0 Å². The first-order valence-electron chi connectivity index (χ1n) is 18.5. The Morgan fingerprint density at radius 1 is 0.635 bits per heavy atom. The lowest BCUT2D eigenvalue weighted by molar-refractivity contribution is 0.527. The Morgan fingerprint density at radius 3 is 2.23 bits per heavy atom. The molecule has 0 bridgehead atoms. The highest BCUT2D eigenvalue weighted by Crippen LogP contribution is 2.47. The zero-order valence-corrected chi connectivity index (χ0v) is 29.3. The van der Waals surface area contributed by atoms with Crippen LogP contribution in [0.1, 0.15) is 43.4 Å². The molecule has 4 aliphatic carbocycles. The molecule has 0 radical (unpaired) electrons. The van der Waals surface area contributed by atoms with Gasteiger partial charge in [0.25, 0.3) is 0 Å². The van der Waals surface area contributed by atoms with Gasteiger partial charge >= 0.3 is 0 Å². The summed E-state index contributed by atoms with van der Waals surface area (Å²) in [5.41, 5.74) is 8.24. The molecule has 5 unspecified atom stereocenters. The number of fused-ring (bicyclic) bond motifs is 6. The Labute approximate surface area is 304 Å². The minimum absolute atomic E-state index is 0.161. The molecule has 0 spiro atoms. The Balaban J connectivity index is 1.15. The molecule has 0 amide bonds. The Morgan fingerprint density at radius 2 is 1.37 bits per heavy atom. The predicted octanol–water partition coefficient (Wildman–Crippen LogP) is 11.4. The molecule has 0 aliphatic heterocycles. The minimum atomic E-state index is 0.161. The molecule has 4 aliphatic rings. The molecule has 2 aromatic heterocycles. The second-order valence-corrected chi connectivity index (χ2v) is 14.7. The van der Waals surface area contributed by atoms with Crippen molar-refractivity contribution < 1.29 is 0 Å². The maximum Gasteiger partial charge on any atom is 0.164 e. The van der Waals surface area contributed by atoms with Crippen LogP contribution in [-0.2, 0) is 0 Å². The van der Waals surface area contributed by atoms with E-state index in [0.717, 1.165) is 45.2 Å². The Kier molecular flexibility index (Phi) is 7.31. The molecule has 0 N–H and O–H groups in total. The van der Waals surface area contributed by atoms with Crippen LogP contribution >= 0.6 is 0 Å². The summed E-state index contributed by atoms with van der Waals surface area (Å²) in [6.45, 7) is 4.64. The summed E-state index contributed by atoms with van der Waals surface area (Å²) in [7, 11) is 0. The monoisotopic (exact) mass is 670 g/mol. The van der Waals surface area contributed by atoms with E-state index in [1.54, 1.807) is 0 Å². The van der Waals surface area contributed by atoms with Gasteiger partial charge in [0.15, 0.2) is 17.5 Å². The first-order chi connectivity index (χ1) is 25.6. The lowest BCUT2D eigenvalue weighted by Crippen LogP contribution is -2.26. The molecule has 250 valence electrons. The van der Waals surface area contributed by atoms with Crippen molar-refractivity contribution in [3.8, 4) is 11.4 Å². The van der Waals surface area contributed by atoms with E-state index in [1.165, 1.54) is 32.9 Å². The Bertz CT molecular complexity index is 2670. The largest absolute Gasteiger partial charge is 0.256 e. The van der Waals surface area contributed by atoms with Crippen molar-refractivity contribution in [3.63, 3.8) is 0 Å². The van der Waals surface area contributed by atoms with E-state index in [-0.39, 0.29) is 23.7 Å². The number of aromatic nitrogens is 4. The van der Waals surface area contributed by atoms with Gasteiger partial charge in [-0.05, 0) is 75.2 Å². The summed E-state index contributed by atoms with van der Waals surface area (Å²) in [5, 5.41) is 5.90. The highest BCUT2D eigenvalue weighted by Gasteiger charge is 2.36. The van der Waals surface area contributed by atoms with Crippen LogP contribution in [0.4, 0.5) is 0 Å². The first-order valence-corrected chi connectivity index (χ1v) is 18.5. The van der Waals surface area contributed by atoms with Crippen molar-refractivity contribution in [1.29, 1.82) is 0 Å². The fraction of sp³-hybridized carbons (Fsp3) is 0.167. The molecule has 2 heterocycles. The third-order valence-corrected chi connectivity index (χ3v) is 11.5. The molecule has 52 heavy (non-hydrogen) atoms. The summed E-state index contributed by atoms with van der Waals surface area (Å²) in [5.74, 6) is 3.52. The SMILES string of the molecule is CC1CC=CC2=C1C1C=CC=CC1C(c1nc(C3=CC(C)C(c4cnc5ccccc5c4)C=C3)nc(-c3cc4ccccc4c4ccccc34)n1)=C2. The van der Waals surface area contributed by atoms with Crippen LogP contribution in [0.3, 0.4) is 0 Å². The van der Waals surface area contributed by atoms with Crippen LogP contribution in [0.25, 0.3) is 55.0 Å². The van der Waals surface area contributed by atoms with E-state index in [1.807, 2.05) is 12.3 Å². The summed E-state index contributed by atoms with van der Waals surface area (Å²) < 4.78 is 0. The van der Waals surface area contributed by atoms with Crippen LogP contribution in [0.5, 0.6) is 0 Å². The van der Waals surface area contributed by atoms with Gasteiger partial charge in [0.2, 0.25) is 0 Å². The van der Waals surface area contributed by atoms with Crippen LogP contribution in [-0.4, -0.2) is 19.9 Å². The van der Waals surface area contributed by atoms with Gasteiger partial charge in [-0.1, -0.05) is 141 Å². The molecular formula is C48H38N4. The molecule has 10 rings (SSSR count). The van der Waals surface area contributed by atoms with Gasteiger partial charge in [0, 0.05) is 46.0 Å². The van der Waals surface area contributed by atoms with Gasteiger partial charge in [-0.15, -0.1) is 0 Å². The van der Waals surface area contributed by atoms with Crippen molar-refractivity contribution in [3.05, 3.63) is 180 Å². The van der Waals surface area contributed by atoms with Gasteiger partial charge in [0.05, 0.1) is 5.52 Å². The topological polar surface area (TPSA) is 51.6 Å². The smallest absolute Gasteiger partial charge is 0.164 e. The fourth-order valence-corrected chi connectivity index (χ4v) is 8.89. The predicted molar refractivity (Wildman–Crippen MR) is 214 cm³/mol. The molecule has 0 saturated heterocycles.